The molecule has 102 valence electrons. The molecule has 0 fully saturated rings. The van der Waals surface area contributed by atoms with Crippen LogP contribution in [0.2, 0.25) is 0 Å². The van der Waals surface area contributed by atoms with Gasteiger partial charge in [-0.25, -0.2) is 4.68 Å². The highest BCUT2D eigenvalue weighted by atomic mass is 16.6. The second-order valence-electron chi connectivity index (χ2n) is 4.25. The molecule has 2 aromatic heterocycles. The molecule has 8 heteroatoms. The molecule has 19 heavy (non-hydrogen) atoms. The minimum absolute atomic E-state index is 0.0252. The first-order chi connectivity index (χ1) is 9.04. The summed E-state index contributed by atoms with van der Waals surface area (Å²) in [6, 6.07) is -0.0983. The number of aryl methyl sites for hydroxylation is 2. The molecule has 0 aromatic carbocycles. The van der Waals surface area contributed by atoms with Crippen LogP contribution < -0.4 is 5.32 Å². The van der Waals surface area contributed by atoms with E-state index in [4.69, 9.17) is 0 Å². The SMILES string of the molecule is CCn1nc(C)c([N+](=O)[O-])c1NC(C)c1cn[nH]c1. The fourth-order valence-corrected chi connectivity index (χ4v) is 1.95. The average molecular weight is 264 g/mol. The lowest BCUT2D eigenvalue weighted by atomic mass is 10.2. The largest absolute Gasteiger partial charge is 0.358 e. The van der Waals surface area contributed by atoms with Crippen molar-refractivity contribution in [1.29, 1.82) is 0 Å². The summed E-state index contributed by atoms with van der Waals surface area (Å²) in [4.78, 5) is 10.7. The van der Waals surface area contributed by atoms with E-state index in [9.17, 15) is 10.1 Å². The van der Waals surface area contributed by atoms with Gasteiger partial charge in [0.05, 0.1) is 17.2 Å². The molecule has 0 aliphatic rings. The van der Waals surface area contributed by atoms with Crippen LogP contribution in [0.5, 0.6) is 0 Å². The number of nitrogens with one attached hydrogen (secondary N) is 2. The van der Waals surface area contributed by atoms with E-state index in [0.717, 1.165) is 5.56 Å². The molecule has 0 saturated carbocycles. The summed E-state index contributed by atoms with van der Waals surface area (Å²) in [6.07, 6.45) is 3.44. The van der Waals surface area contributed by atoms with E-state index in [-0.39, 0.29) is 11.7 Å². The predicted molar refractivity (Wildman–Crippen MR) is 69.9 cm³/mol. The normalized spacial score (nSPS) is 12.4. The Labute approximate surface area is 110 Å². The van der Waals surface area contributed by atoms with E-state index in [2.05, 4.69) is 20.6 Å². The van der Waals surface area contributed by atoms with Crippen molar-refractivity contribution in [3.63, 3.8) is 0 Å². The predicted octanol–water partition coefficient (Wildman–Crippen LogP) is 2.02. The monoisotopic (exact) mass is 264 g/mol. The molecule has 0 amide bonds. The van der Waals surface area contributed by atoms with Gasteiger partial charge in [0.15, 0.2) is 0 Å². The summed E-state index contributed by atoms with van der Waals surface area (Å²) < 4.78 is 1.60. The van der Waals surface area contributed by atoms with Gasteiger partial charge in [-0.05, 0) is 20.8 Å². The van der Waals surface area contributed by atoms with Crippen molar-refractivity contribution in [2.24, 2.45) is 0 Å². The van der Waals surface area contributed by atoms with Crippen LogP contribution >= 0.6 is 0 Å². The van der Waals surface area contributed by atoms with Crippen molar-refractivity contribution in [2.75, 3.05) is 5.32 Å². The molecule has 0 radical (unpaired) electrons. The maximum absolute atomic E-state index is 11.1. The van der Waals surface area contributed by atoms with Crippen LogP contribution in [-0.2, 0) is 6.54 Å². The van der Waals surface area contributed by atoms with E-state index in [1.165, 1.54) is 0 Å². The minimum atomic E-state index is -0.404. The number of aromatic amines is 1. The van der Waals surface area contributed by atoms with Crippen LogP contribution in [0.25, 0.3) is 0 Å². The molecule has 0 saturated heterocycles. The molecule has 0 bridgehead atoms. The molecule has 0 aliphatic carbocycles. The van der Waals surface area contributed by atoms with E-state index in [1.807, 2.05) is 13.8 Å². The highest BCUT2D eigenvalue weighted by Crippen LogP contribution is 2.30. The van der Waals surface area contributed by atoms with Crippen molar-refractivity contribution in [1.82, 2.24) is 20.0 Å². The number of aromatic nitrogens is 4. The summed E-state index contributed by atoms with van der Waals surface area (Å²) in [5, 5.41) is 25.0. The number of H-pyrrole nitrogens is 1. The number of nitro groups is 1. The second kappa shape index (κ2) is 5.09. The lowest BCUT2D eigenvalue weighted by molar-refractivity contribution is -0.384. The van der Waals surface area contributed by atoms with Crippen molar-refractivity contribution in [3.05, 3.63) is 33.8 Å². The van der Waals surface area contributed by atoms with Gasteiger partial charge in [-0.2, -0.15) is 10.2 Å². The molecule has 2 rings (SSSR count). The maximum atomic E-state index is 11.1. The first kappa shape index (κ1) is 13.1. The standard InChI is InChI=1S/C11H16N6O2/c1-4-16-11(10(17(18)19)8(3)15-16)14-7(2)9-5-12-13-6-9/h5-7,14H,4H2,1-3H3,(H,12,13). The van der Waals surface area contributed by atoms with Crippen molar-refractivity contribution in [3.8, 4) is 0 Å². The molecule has 8 nitrogen and oxygen atoms in total. The molecular formula is C11H16N6O2. The van der Waals surface area contributed by atoms with Gasteiger partial charge in [-0.3, -0.25) is 15.2 Å². The Morgan fingerprint density at radius 2 is 2.37 bits per heavy atom. The fraction of sp³-hybridized carbons (Fsp3) is 0.455. The third-order valence-electron chi connectivity index (χ3n) is 2.95. The minimum Gasteiger partial charge on any atom is -0.358 e. The number of rotatable bonds is 5. The highest BCUT2D eigenvalue weighted by molar-refractivity contribution is 5.60. The van der Waals surface area contributed by atoms with Gasteiger partial charge in [0.1, 0.15) is 5.69 Å². The van der Waals surface area contributed by atoms with Crippen LogP contribution in [0.15, 0.2) is 12.4 Å². The highest BCUT2D eigenvalue weighted by Gasteiger charge is 2.26. The lowest BCUT2D eigenvalue weighted by Gasteiger charge is -2.13. The van der Waals surface area contributed by atoms with E-state index in [0.29, 0.717) is 18.1 Å². The average Bonchev–Trinajstić information content (AvgIpc) is 2.96. The van der Waals surface area contributed by atoms with E-state index >= 15 is 0 Å². The molecular weight excluding hydrogens is 248 g/mol. The van der Waals surface area contributed by atoms with Gasteiger partial charge in [-0.15, -0.1) is 0 Å². The molecule has 2 N–H and O–H groups in total. The first-order valence-corrected chi connectivity index (χ1v) is 6.01. The van der Waals surface area contributed by atoms with Crippen LogP contribution in [0.3, 0.4) is 0 Å². The van der Waals surface area contributed by atoms with Gasteiger partial charge in [0, 0.05) is 18.3 Å². The molecule has 0 aliphatic heterocycles. The molecule has 1 unspecified atom stereocenters. The zero-order valence-electron chi connectivity index (χ0n) is 11.0. The summed E-state index contributed by atoms with van der Waals surface area (Å²) in [5.41, 5.74) is 1.36. The Kier molecular flexibility index (Phi) is 3.50. The number of nitrogens with zero attached hydrogens (tertiary/aromatic N) is 4. The van der Waals surface area contributed by atoms with Crippen molar-refractivity contribution in [2.45, 2.75) is 33.4 Å². The Balaban J connectivity index is 2.35. The van der Waals surface area contributed by atoms with Crippen LogP contribution in [0.4, 0.5) is 11.5 Å². The van der Waals surface area contributed by atoms with Crippen molar-refractivity contribution < 1.29 is 4.92 Å². The quantitative estimate of drug-likeness (QED) is 0.635. The third kappa shape index (κ3) is 2.42. The molecule has 2 heterocycles. The van der Waals surface area contributed by atoms with Crippen molar-refractivity contribution >= 4 is 11.5 Å². The first-order valence-electron chi connectivity index (χ1n) is 6.01. The second-order valence-corrected chi connectivity index (χ2v) is 4.25. The number of hydrogen-bond donors (Lipinski definition) is 2. The molecule has 1 atom stereocenters. The smallest absolute Gasteiger partial charge is 0.333 e. The maximum Gasteiger partial charge on any atom is 0.333 e. The van der Waals surface area contributed by atoms with Crippen LogP contribution in [0.1, 0.15) is 31.1 Å². The number of hydrogen-bond acceptors (Lipinski definition) is 5. The van der Waals surface area contributed by atoms with Gasteiger partial charge in [0.25, 0.3) is 0 Å². The third-order valence-corrected chi connectivity index (χ3v) is 2.95. The van der Waals surface area contributed by atoms with Gasteiger partial charge in [0.2, 0.25) is 5.82 Å². The van der Waals surface area contributed by atoms with Crippen LogP contribution in [-0.4, -0.2) is 24.9 Å². The summed E-state index contributed by atoms with van der Waals surface area (Å²) in [6.45, 7) is 6.01. The Hall–Kier alpha value is -2.38. The lowest BCUT2D eigenvalue weighted by Crippen LogP contribution is -2.12. The Morgan fingerprint density at radius 3 is 2.89 bits per heavy atom. The fourth-order valence-electron chi connectivity index (χ4n) is 1.95. The van der Waals surface area contributed by atoms with Gasteiger partial charge >= 0.3 is 5.69 Å². The Bertz CT molecular complexity index is 574. The van der Waals surface area contributed by atoms with Gasteiger partial charge < -0.3 is 5.32 Å². The summed E-state index contributed by atoms with van der Waals surface area (Å²) >= 11 is 0. The zero-order chi connectivity index (χ0) is 14.0. The Morgan fingerprint density at radius 1 is 1.63 bits per heavy atom. The topological polar surface area (TPSA) is 102 Å². The van der Waals surface area contributed by atoms with Gasteiger partial charge in [-0.1, -0.05) is 0 Å². The summed E-state index contributed by atoms with van der Waals surface area (Å²) in [5.74, 6) is 0.429. The zero-order valence-corrected chi connectivity index (χ0v) is 11.0. The van der Waals surface area contributed by atoms with E-state index < -0.39 is 4.92 Å². The van der Waals surface area contributed by atoms with E-state index in [1.54, 1.807) is 24.0 Å². The molecule has 2 aromatic rings. The van der Waals surface area contributed by atoms with Crippen LogP contribution in [0, 0.1) is 17.0 Å². The summed E-state index contributed by atoms with van der Waals surface area (Å²) in [7, 11) is 0. The number of anilines is 1. The molecule has 0 spiro atoms.